The molecule has 6 nitrogen and oxygen atoms in total. The van der Waals surface area contributed by atoms with Crippen LogP contribution in [0.2, 0.25) is 0 Å². The van der Waals surface area contributed by atoms with E-state index in [1.165, 1.54) is 4.90 Å². The van der Waals surface area contributed by atoms with Crippen LogP contribution in [0.25, 0.3) is 0 Å². The summed E-state index contributed by atoms with van der Waals surface area (Å²) in [4.78, 5) is 40.7. The van der Waals surface area contributed by atoms with Crippen molar-refractivity contribution in [2.24, 2.45) is 11.3 Å². The van der Waals surface area contributed by atoms with Crippen molar-refractivity contribution in [1.82, 2.24) is 10.2 Å². The number of anilines is 1. The molecule has 2 unspecified atom stereocenters. The smallest absolute Gasteiger partial charge is 0.323 e. The Hall–Kier alpha value is -2.37. The quantitative estimate of drug-likeness (QED) is 0.846. The Balaban J connectivity index is 1.76. The lowest BCUT2D eigenvalue weighted by atomic mass is 9.64. The van der Waals surface area contributed by atoms with E-state index in [0.717, 1.165) is 17.0 Å². The maximum Gasteiger partial charge on any atom is 0.325 e. The minimum atomic E-state index is -0.871. The zero-order valence-corrected chi connectivity index (χ0v) is 15.9. The van der Waals surface area contributed by atoms with Gasteiger partial charge in [-0.25, -0.2) is 4.79 Å². The predicted octanol–water partition coefficient (Wildman–Crippen LogP) is 2.79. The van der Waals surface area contributed by atoms with E-state index in [4.69, 9.17) is 0 Å². The topological polar surface area (TPSA) is 69.7 Å². The molecule has 1 aliphatic heterocycles. The molecule has 3 rings (SSSR count). The lowest BCUT2D eigenvalue weighted by Gasteiger charge is -2.43. The van der Waals surface area contributed by atoms with E-state index in [2.05, 4.69) is 26.1 Å². The summed E-state index contributed by atoms with van der Waals surface area (Å²) in [5, 5.41) is 2.91. The second kappa shape index (κ2) is 6.41. The summed E-state index contributed by atoms with van der Waals surface area (Å²) in [7, 11) is 1.65. The van der Waals surface area contributed by atoms with Gasteiger partial charge in [-0.3, -0.25) is 14.5 Å². The number of carbonyl (C=O) groups excluding carboxylic acids is 3. The van der Waals surface area contributed by atoms with Crippen LogP contribution in [0.15, 0.2) is 30.3 Å². The second-order valence-electron chi connectivity index (χ2n) is 8.55. The molecule has 1 spiro atoms. The summed E-state index contributed by atoms with van der Waals surface area (Å²) >= 11 is 0. The van der Waals surface area contributed by atoms with Crippen LogP contribution in [0.3, 0.4) is 0 Å². The molecular weight excluding hydrogens is 330 g/mol. The number of para-hydroxylation sites is 1. The maximum atomic E-state index is 13.1. The number of nitrogens with zero attached hydrogens (tertiary/aromatic N) is 2. The van der Waals surface area contributed by atoms with E-state index in [9.17, 15) is 14.4 Å². The van der Waals surface area contributed by atoms with Gasteiger partial charge in [0.15, 0.2) is 0 Å². The highest BCUT2D eigenvalue weighted by Crippen LogP contribution is 2.46. The average molecular weight is 357 g/mol. The van der Waals surface area contributed by atoms with Gasteiger partial charge in [-0.05, 0) is 42.7 Å². The van der Waals surface area contributed by atoms with Crippen LogP contribution in [0.1, 0.15) is 40.0 Å². The molecule has 4 amide bonds. The molecule has 0 aromatic heterocycles. The van der Waals surface area contributed by atoms with E-state index in [1.807, 2.05) is 30.3 Å². The molecule has 1 saturated carbocycles. The molecule has 1 aliphatic carbocycles. The van der Waals surface area contributed by atoms with Crippen molar-refractivity contribution in [2.45, 2.75) is 45.6 Å². The van der Waals surface area contributed by atoms with Gasteiger partial charge in [-0.15, -0.1) is 0 Å². The minimum absolute atomic E-state index is 0.0263. The lowest BCUT2D eigenvalue weighted by molar-refractivity contribution is -0.137. The molecule has 140 valence electrons. The fourth-order valence-electron chi connectivity index (χ4n) is 4.69. The number of hydrogen-bond donors (Lipinski definition) is 1. The average Bonchev–Trinajstić information content (AvgIpc) is 2.76. The normalized spacial score (nSPS) is 27.5. The molecule has 1 saturated heterocycles. The second-order valence-corrected chi connectivity index (χ2v) is 8.55. The molecule has 1 heterocycles. The van der Waals surface area contributed by atoms with Gasteiger partial charge in [-0.1, -0.05) is 39.0 Å². The molecule has 1 aromatic rings. The number of nitrogens with one attached hydrogen (secondary N) is 1. The first-order valence-electron chi connectivity index (χ1n) is 9.09. The van der Waals surface area contributed by atoms with Crippen molar-refractivity contribution in [3.05, 3.63) is 30.3 Å². The number of urea groups is 1. The van der Waals surface area contributed by atoms with Crippen LogP contribution >= 0.6 is 0 Å². The molecule has 2 fully saturated rings. The van der Waals surface area contributed by atoms with Crippen molar-refractivity contribution in [3.8, 4) is 0 Å². The van der Waals surface area contributed by atoms with Crippen LogP contribution < -0.4 is 10.2 Å². The lowest BCUT2D eigenvalue weighted by Crippen LogP contribution is -2.54. The zero-order chi connectivity index (χ0) is 19.1. The summed E-state index contributed by atoms with van der Waals surface area (Å²) in [5.41, 5.74) is -0.169. The molecule has 1 N–H and O–H groups in total. The summed E-state index contributed by atoms with van der Waals surface area (Å²) in [6.07, 6.45) is 2.25. The van der Waals surface area contributed by atoms with Gasteiger partial charge in [-0.2, -0.15) is 0 Å². The highest BCUT2D eigenvalue weighted by molar-refractivity contribution is 6.10. The highest BCUT2D eigenvalue weighted by Gasteiger charge is 2.56. The molecule has 6 heteroatoms. The Labute approximate surface area is 154 Å². The van der Waals surface area contributed by atoms with Crippen molar-refractivity contribution in [3.63, 3.8) is 0 Å². The number of likely N-dealkylation sites (N-methyl/N-ethyl adjacent to an activating group) is 1. The number of amides is 4. The predicted molar refractivity (Wildman–Crippen MR) is 99.6 cm³/mol. The Bertz CT molecular complexity index is 731. The Morgan fingerprint density at radius 3 is 2.50 bits per heavy atom. The van der Waals surface area contributed by atoms with Gasteiger partial charge < -0.3 is 10.2 Å². The maximum absolute atomic E-state index is 13.1. The third-order valence-corrected chi connectivity index (χ3v) is 5.44. The molecule has 26 heavy (non-hydrogen) atoms. The van der Waals surface area contributed by atoms with Gasteiger partial charge in [0.2, 0.25) is 5.91 Å². The number of hydrogen-bond acceptors (Lipinski definition) is 3. The number of benzene rings is 1. The van der Waals surface area contributed by atoms with Crippen molar-refractivity contribution in [2.75, 3.05) is 18.5 Å². The minimum Gasteiger partial charge on any atom is -0.323 e. The van der Waals surface area contributed by atoms with Crippen molar-refractivity contribution >= 4 is 23.5 Å². The summed E-state index contributed by atoms with van der Waals surface area (Å²) < 4.78 is 0. The van der Waals surface area contributed by atoms with Crippen LogP contribution in [0, 0.1) is 11.3 Å². The van der Waals surface area contributed by atoms with Gasteiger partial charge >= 0.3 is 6.03 Å². The zero-order valence-electron chi connectivity index (χ0n) is 15.9. The first kappa shape index (κ1) is 18.4. The van der Waals surface area contributed by atoms with Crippen molar-refractivity contribution < 1.29 is 14.4 Å². The molecular formula is C20H27N3O3. The van der Waals surface area contributed by atoms with Gasteiger partial charge in [0.05, 0.1) is 0 Å². The standard InChI is InChI=1S/C20H27N3O3/c1-14-10-19(2,3)13-20(11-14)17(25)23(18(26)21-20)12-16(24)22(4)15-8-6-5-7-9-15/h5-9,14H,10-13H2,1-4H3,(H,21,26). The van der Waals surface area contributed by atoms with Crippen LogP contribution in [-0.2, 0) is 9.59 Å². The van der Waals surface area contributed by atoms with E-state index < -0.39 is 11.6 Å². The monoisotopic (exact) mass is 357 g/mol. The highest BCUT2D eigenvalue weighted by atomic mass is 16.2. The fourth-order valence-corrected chi connectivity index (χ4v) is 4.69. The number of rotatable bonds is 3. The molecule has 0 bridgehead atoms. The van der Waals surface area contributed by atoms with Crippen LogP contribution in [0.5, 0.6) is 0 Å². The fraction of sp³-hybridized carbons (Fsp3) is 0.550. The first-order valence-corrected chi connectivity index (χ1v) is 9.09. The van der Waals surface area contributed by atoms with E-state index in [-0.39, 0.29) is 23.8 Å². The number of carbonyl (C=O) groups is 3. The SMILES string of the molecule is CC1CC(C)(C)CC2(C1)NC(=O)N(CC(=O)N(C)c1ccccc1)C2=O. The van der Waals surface area contributed by atoms with E-state index in [1.54, 1.807) is 7.05 Å². The first-order chi connectivity index (χ1) is 12.1. The van der Waals surface area contributed by atoms with Gasteiger partial charge in [0, 0.05) is 12.7 Å². The molecule has 1 aromatic carbocycles. The van der Waals surface area contributed by atoms with E-state index >= 15 is 0 Å². The molecule has 2 aliphatic rings. The Morgan fingerprint density at radius 1 is 1.23 bits per heavy atom. The van der Waals surface area contributed by atoms with Crippen molar-refractivity contribution in [1.29, 1.82) is 0 Å². The summed E-state index contributed by atoms with van der Waals surface area (Å²) in [5.74, 6) is -0.220. The Kier molecular flexibility index (Phi) is 4.54. The van der Waals surface area contributed by atoms with Gasteiger partial charge in [0.25, 0.3) is 5.91 Å². The third kappa shape index (κ3) is 3.32. The molecule has 0 radical (unpaired) electrons. The summed E-state index contributed by atoms with van der Waals surface area (Å²) in [6.45, 7) is 6.12. The van der Waals surface area contributed by atoms with Crippen LogP contribution in [0.4, 0.5) is 10.5 Å². The largest absolute Gasteiger partial charge is 0.325 e. The molecule has 2 atom stereocenters. The van der Waals surface area contributed by atoms with Gasteiger partial charge in [0.1, 0.15) is 12.1 Å². The van der Waals surface area contributed by atoms with E-state index in [0.29, 0.717) is 18.8 Å². The Morgan fingerprint density at radius 2 is 1.88 bits per heavy atom. The van der Waals surface area contributed by atoms with Crippen LogP contribution in [-0.4, -0.2) is 41.9 Å². The summed E-state index contributed by atoms with van der Waals surface area (Å²) in [6, 6.07) is 8.72. The third-order valence-electron chi connectivity index (χ3n) is 5.44. The number of imide groups is 1.